The molecular formula is C27H22FNO3. The average Bonchev–Trinajstić information content (AvgIpc) is 3.24. The van der Waals surface area contributed by atoms with E-state index in [1.165, 1.54) is 12.1 Å². The van der Waals surface area contributed by atoms with Gasteiger partial charge in [-0.15, -0.1) is 0 Å². The van der Waals surface area contributed by atoms with Crippen molar-refractivity contribution < 1.29 is 18.7 Å². The molecule has 1 fully saturated rings. The summed E-state index contributed by atoms with van der Waals surface area (Å²) in [6, 6.07) is 23.0. The zero-order valence-electron chi connectivity index (χ0n) is 17.8. The molecular weight excluding hydrogens is 405 g/mol. The summed E-state index contributed by atoms with van der Waals surface area (Å²) in [5.41, 5.74) is 2.37. The van der Waals surface area contributed by atoms with Gasteiger partial charge in [-0.25, -0.2) is 4.39 Å². The number of benzene rings is 3. The number of nitrogens with one attached hydrogen (secondary N) is 1. The van der Waals surface area contributed by atoms with Gasteiger partial charge in [0.1, 0.15) is 11.7 Å². The first-order valence-corrected chi connectivity index (χ1v) is 10.6. The Labute approximate surface area is 185 Å². The van der Waals surface area contributed by atoms with Crippen LogP contribution in [0, 0.1) is 18.7 Å². The summed E-state index contributed by atoms with van der Waals surface area (Å²) in [4.78, 5) is 30.4. The molecule has 0 spiro atoms. The molecule has 32 heavy (non-hydrogen) atoms. The molecule has 1 saturated heterocycles. The summed E-state index contributed by atoms with van der Waals surface area (Å²) in [6.07, 6.45) is 0. The minimum Gasteiger partial charge on any atom is -0.446 e. The third-order valence-corrected chi connectivity index (χ3v) is 6.50. The number of carbonyl (C=O) groups excluding carboxylic acids is 2. The molecule has 5 rings (SSSR count). The number of Topliss-reactive ketones (excluding diaryl/α,β-unsaturated/α-hetero) is 1. The fourth-order valence-corrected chi connectivity index (χ4v) is 4.78. The average molecular weight is 427 g/mol. The first kappa shape index (κ1) is 20.2. The minimum absolute atomic E-state index is 0.285. The maximum absolute atomic E-state index is 13.9. The number of halogens is 1. The highest BCUT2D eigenvalue weighted by Crippen LogP contribution is 2.46. The molecule has 160 valence electrons. The van der Waals surface area contributed by atoms with E-state index < -0.39 is 23.4 Å². The molecule has 2 unspecified atom stereocenters. The minimum atomic E-state index is -1.36. The van der Waals surface area contributed by atoms with Crippen molar-refractivity contribution in [3.8, 4) is 0 Å². The van der Waals surface area contributed by atoms with Gasteiger partial charge in [-0.3, -0.25) is 9.59 Å². The fourth-order valence-electron chi connectivity index (χ4n) is 4.78. The van der Waals surface area contributed by atoms with Gasteiger partial charge in [-0.1, -0.05) is 60.7 Å². The first-order valence-electron chi connectivity index (χ1n) is 10.6. The summed E-state index contributed by atoms with van der Waals surface area (Å²) in [5.74, 6) is -2.79. The molecule has 2 heterocycles. The smallest absolute Gasteiger partial charge is 0.319 e. The molecule has 0 aliphatic carbocycles. The monoisotopic (exact) mass is 427 g/mol. The lowest BCUT2D eigenvalue weighted by molar-refractivity contribution is -0.152. The summed E-state index contributed by atoms with van der Waals surface area (Å²) in [6.45, 7) is 3.53. The van der Waals surface area contributed by atoms with Gasteiger partial charge in [0, 0.05) is 28.1 Å². The van der Waals surface area contributed by atoms with Gasteiger partial charge in [0.15, 0.2) is 11.4 Å². The second-order valence-electron chi connectivity index (χ2n) is 8.40. The molecule has 5 heteroatoms. The Balaban J connectivity index is 1.69. The van der Waals surface area contributed by atoms with E-state index >= 15 is 0 Å². The molecule has 0 saturated carbocycles. The van der Waals surface area contributed by atoms with E-state index in [1.54, 1.807) is 25.1 Å². The van der Waals surface area contributed by atoms with Gasteiger partial charge in [0.2, 0.25) is 0 Å². The molecule has 3 aromatic carbocycles. The van der Waals surface area contributed by atoms with Crippen molar-refractivity contribution in [2.45, 2.75) is 25.4 Å². The van der Waals surface area contributed by atoms with Gasteiger partial charge in [0.05, 0.1) is 0 Å². The summed E-state index contributed by atoms with van der Waals surface area (Å²) < 4.78 is 19.7. The molecule has 1 N–H and O–H groups in total. The number of rotatable bonds is 4. The van der Waals surface area contributed by atoms with Crippen LogP contribution in [0.5, 0.6) is 0 Å². The van der Waals surface area contributed by atoms with Gasteiger partial charge in [-0.2, -0.15) is 0 Å². The Morgan fingerprint density at radius 2 is 1.62 bits per heavy atom. The highest BCUT2D eigenvalue weighted by Gasteiger charge is 2.56. The Kier molecular flexibility index (Phi) is 4.70. The van der Waals surface area contributed by atoms with Crippen LogP contribution in [-0.4, -0.2) is 16.7 Å². The highest BCUT2D eigenvalue weighted by atomic mass is 19.1. The van der Waals surface area contributed by atoms with Crippen LogP contribution >= 0.6 is 0 Å². The molecule has 1 aromatic heterocycles. The van der Waals surface area contributed by atoms with Crippen LogP contribution in [-0.2, 0) is 19.9 Å². The Bertz CT molecular complexity index is 1330. The number of cyclic esters (lactones) is 1. The van der Waals surface area contributed by atoms with Gasteiger partial charge >= 0.3 is 5.97 Å². The van der Waals surface area contributed by atoms with Gasteiger partial charge in [-0.05, 0) is 43.2 Å². The van der Waals surface area contributed by atoms with Crippen LogP contribution < -0.4 is 0 Å². The van der Waals surface area contributed by atoms with Gasteiger partial charge in [0.25, 0.3) is 0 Å². The van der Waals surface area contributed by atoms with E-state index in [0.717, 1.165) is 22.0 Å². The van der Waals surface area contributed by atoms with Crippen molar-refractivity contribution in [3.63, 3.8) is 0 Å². The van der Waals surface area contributed by atoms with Crippen LogP contribution in [0.25, 0.3) is 10.9 Å². The van der Waals surface area contributed by atoms with Gasteiger partial charge < -0.3 is 9.72 Å². The van der Waals surface area contributed by atoms with E-state index in [9.17, 15) is 14.0 Å². The third-order valence-electron chi connectivity index (χ3n) is 6.50. The zero-order valence-corrected chi connectivity index (χ0v) is 17.8. The van der Waals surface area contributed by atoms with Crippen LogP contribution in [0.2, 0.25) is 0 Å². The molecule has 1 aliphatic rings. The van der Waals surface area contributed by atoms with E-state index in [-0.39, 0.29) is 11.6 Å². The van der Waals surface area contributed by atoms with Crippen LogP contribution in [0.15, 0.2) is 78.9 Å². The zero-order chi connectivity index (χ0) is 22.5. The molecule has 3 atom stereocenters. The largest absolute Gasteiger partial charge is 0.446 e. The molecule has 0 amide bonds. The summed E-state index contributed by atoms with van der Waals surface area (Å²) in [5, 5.41) is 0.727. The van der Waals surface area contributed by atoms with Crippen molar-refractivity contribution in [3.05, 3.63) is 107 Å². The van der Waals surface area contributed by atoms with Crippen LogP contribution in [0.3, 0.4) is 0 Å². The number of esters is 1. The fraction of sp³-hybridized carbons (Fsp3) is 0.185. The SMILES string of the molecule is Cc1c(C(c2ccccc2)C2C(=O)O[C@](C)(c3ccccc3)C2=O)[nH]c2ccc(F)cc12. The summed E-state index contributed by atoms with van der Waals surface area (Å²) >= 11 is 0. The Morgan fingerprint density at radius 3 is 2.31 bits per heavy atom. The van der Waals surface area contributed by atoms with Crippen molar-refractivity contribution in [2.75, 3.05) is 0 Å². The third kappa shape index (κ3) is 3.04. The second kappa shape index (κ2) is 7.45. The van der Waals surface area contributed by atoms with E-state index in [0.29, 0.717) is 11.3 Å². The number of H-pyrrole nitrogens is 1. The molecule has 0 radical (unpaired) electrons. The van der Waals surface area contributed by atoms with E-state index in [2.05, 4.69) is 4.98 Å². The number of carbonyl (C=O) groups is 2. The Hall–Kier alpha value is -3.73. The number of aromatic nitrogens is 1. The van der Waals surface area contributed by atoms with Crippen molar-refractivity contribution in [2.24, 2.45) is 5.92 Å². The quantitative estimate of drug-likeness (QED) is 0.350. The first-order chi connectivity index (χ1) is 15.4. The number of ketones is 1. The maximum Gasteiger partial charge on any atom is 0.319 e. The van der Waals surface area contributed by atoms with Crippen molar-refractivity contribution >= 4 is 22.7 Å². The number of fused-ring (bicyclic) bond motifs is 1. The second-order valence-corrected chi connectivity index (χ2v) is 8.40. The van der Waals surface area contributed by atoms with E-state index in [1.807, 2.05) is 55.5 Å². The van der Waals surface area contributed by atoms with E-state index in [4.69, 9.17) is 4.74 Å². The predicted molar refractivity (Wildman–Crippen MR) is 120 cm³/mol. The lowest BCUT2D eigenvalue weighted by Crippen LogP contribution is -2.33. The Morgan fingerprint density at radius 1 is 0.969 bits per heavy atom. The van der Waals surface area contributed by atoms with Crippen molar-refractivity contribution in [1.29, 1.82) is 0 Å². The standard InChI is InChI=1S/C27H22FNO3/c1-16-20-15-19(28)13-14-21(20)29-24(16)22(17-9-5-3-6-10-17)23-25(30)27(2,32-26(23)31)18-11-7-4-8-12-18/h3-15,22-23,29H,1-2H3/t22?,23?,27-/m1/s1. The highest BCUT2D eigenvalue weighted by molar-refractivity contribution is 6.10. The predicted octanol–water partition coefficient (Wildman–Crippen LogP) is 5.40. The normalized spacial score (nSPS) is 21.7. The molecule has 0 bridgehead atoms. The number of hydrogen-bond donors (Lipinski definition) is 1. The number of aromatic amines is 1. The molecule has 4 aromatic rings. The van der Waals surface area contributed by atoms with Crippen LogP contribution in [0.4, 0.5) is 4.39 Å². The molecule has 4 nitrogen and oxygen atoms in total. The lowest BCUT2D eigenvalue weighted by atomic mass is 9.76. The lowest BCUT2D eigenvalue weighted by Gasteiger charge is -2.23. The molecule has 1 aliphatic heterocycles. The van der Waals surface area contributed by atoms with Crippen molar-refractivity contribution in [1.82, 2.24) is 4.98 Å². The maximum atomic E-state index is 13.9. The number of aryl methyl sites for hydroxylation is 1. The number of hydrogen-bond acceptors (Lipinski definition) is 3. The summed E-state index contributed by atoms with van der Waals surface area (Å²) in [7, 11) is 0. The topological polar surface area (TPSA) is 59.2 Å². The number of ether oxygens (including phenoxy) is 1. The van der Waals surface area contributed by atoms with Crippen LogP contribution in [0.1, 0.15) is 35.2 Å².